The smallest absolute Gasteiger partial charge is 0.132 e. The van der Waals surface area contributed by atoms with E-state index in [4.69, 9.17) is 5.73 Å². The third-order valence-electron chi connectivity index (χ3n) is 2.94. The van der Waals surface area contributed by atoms with E-state index >= 15 is 0 Å². The Morgan fingerprint density at radius 1 is 1.16 bits per heavy atom. The number of hydrogen-bond acceptors (Lipinski definition) is 2. The molecule has 5 heteroatoms. The van der Waals surface area contributed by atoms with Gasteiger partial charge in [-0.15, -0.1) is 0 Å². The van der Waals surface area contributed by atoms with E-state index < -0.39 is 0 Å². The highest BCUT2D eigenvalue weighted by atomic mass is 79.9. The van der Waals surface area contributed by atoms with E-state index in [2.05, 4.69) is 62.2 Å². The molecule has 19 heavy (non-hydrogen) atoms. The number of anilines is 1. The highest BCUT2D eigenvalue weighted by Crippen LogP contribution is 2.34. The lowest BCUT2D eigenvalue weighted by molar-refractivity contribution is 0.393. The number of halogens is 2. The van der Waals surface area contributed by atoms with Gasteiger partial charge in [0, 0.05) is 20.0 Å². The maximum atomic E-state index is 6.28. The number of aromatic nitrogens is 2. The van der Waals surface area contributed by atoms with E-state index in [0.717, 1.165) is 26.0 Å². The van der Waals surface area contributed by atoms with E-state index in [-0.39, 0.29) is 5.54 Å². The molecule has 2 rings (SSSR count). The summed E-state index contributed by atoms with van der Waals surface area (Å²) in [5.41, 5.74) is 8.05. The molecule has 0 saturated carbocycles. The molecule has 0 radical (unpaired) electrons. The van der Waals surface area contributed by atoms with Crippen molar-refractivity contribution in [2.24, 2.45) is 0 Å². The number of nitrogens with two attached hydrogens (primary N) is 1. The van der Waals surface area contributed by atoms with Gasteiger partial charge >= 0.3 is 0 Å². The van der Waals surface area contributed by atoms with Crippen LogP contribution in [0, 0.1) is 6.92 Å². The van der Waals surface area contributed by atoms with Crippen LogP contribution in [0.2, 0.25) is 0 Å². The Labute approximate surface area is 130 Å². The Kier molecular flexibility index (Phi) is 3.80. The van der Waals surface area contributed by atoms with Crippen molar-refractivity contribution < 1.29 is 0 Å². The molecule has 0 amide bonds. The highest BCUT2D eigenvalue weighted by Gasteiger charge is 2.22. The number of aryl methyl sites for hydroxylation is 1. The maximum Gasteiger partial charge on any atom is 0.132 e. The first-order valence-electron chi connectivity index (χ1n) is 6.02. The highest BCUT2D eigenvalue weighted by molar-refractivity contribution is 9.13. The number of rotatable bonds is 1. The first-order valence-corrected chi connectivity index (χ1v) is 7.61. The lowest BCUT2D eigenvalue weighted by atomic mass is 10.1. The van der Waals surface area contributed by atoms with Crippen molar-refractivity contribution in [1.82, 2.24) is 9.55 Å². The molecule has 2 aromatic rings. The van der Waals surface area contributed by atoms with E-state index in [1.165, 1.54) is 0 Å². The zero-order chi connectivity index (χ0) is 14.4. The van der Waals surface area contributed by atoms with Crippen molar-refractivity contribution in [1.29, 1.82) is 0 Å². The molecule has 3 nitrogen and oxygen atoms in total. The molecule has 0 fully saturated rings. The van der Waals surface area contributed by atoms with Gasteiger partial charge in [-0.05, 0) is 71.7 Å². The molecule has 0 saturated heterocycles. The second-order valence-electron chi connectivity index (χ2n) is 5.53. The third kappa shape index (κ3) is 2.72. The van der Waals surface area contributed by atoms with Crippen LogP contribution in [0.4, 0.5) is 5.82 Å². The van der Waals surface area contributed by atoms with Crippen LogP contribution in [0.15, 0.2) is 27.1 Å². The van der Waals surface area contributed by atoms with Gasteiger partial charge in [0.25, 0.3) is 0 Å². The summed E-state index contributed by atoms with van der Waals surface area (Å²) in [6, 6.07) is 6.03. The minimum absolute atomic E-state index is 0.0774. The largest absolute Gasteiger partial charge is 0.383 e. The monoisotopic (exact) mass is 385 g/mol. The third-order valence-corrected chi connectivity index (χ3v) is 4.82. The van der Waals surface area contributed by atoms with E-state index in [1.54, 1.807) is 0 Å². The average molecular weight is 387 g/mol. The number of benzene rings is 1. The summed E-state index contributed by atoms with van der Waals surface area (Å²) >= 11 is 6.98. The minimum atomic E-state index is -0.0774. The van der Waals surface area contributed by atoms with Crippen LogP contribution in [0.5, 0.6) is 0 Å². The quantitative estimate of drug-likeness (QED) is 0.770. The minimum Gasteiger partial charge on any atom is -0.383 e. The van der Waals surface area contributed by atoms with Gasteiger partial charge in [0.15, 0.2) is 0 Å². The van der Waals surface area contributed by atoms with Gasteiger partial charge in [-0.25, -0.2) is 4.98 Å². The number of nitrogens with zero attached hydrogens (tertiary/aromatic N) is 2. The summed E-state index contributed by atoms with van der Waals surface area (Å²) in [7, 11) is 0. The van der Waals surface area contributed by atoms with Crippen molar-refractivity contribution in [3.63, 3.8) is 0 Å². The average Bonchev–Trinajstić information content (AvgIpc) is 2.57. The van der Waals surface area contributed by atoms with Gasteiger partial charge in [-0.1, -0.05) is 6.07 Å². The number of imidazole rings is 1. The Bertz CT molecular complexity index is 624. The van der Waals surface area contributed by atoms with Gasteiger partial charge in [0.1, 0.15) is 17.3 Å². The predicted octanol–water partition coefficient (Wildman–Crippen LogP) is 4.72. The van der Waals surface area contributed by atoms with Gasteiger partial charge < -0.3 is 10.3 Å². The van der Waals surface area contributed by atoms with Crippen LogP contribution in [0.25, 0.3) is 11.3 Å². The molecule has 102 valence electrons. The molecule has 1 heterocycles. The lowest BCUT2D eigenvalue weighted by Gasteiger charge is -2.24. The fraction of sp³-hybridized carbons (Fsp3) is 0.357. The zero-order valence-corrected chi connectivity index (χ0v) is 14.6. The number of nitrogen functional groups attached to an aromatic ring is 1. The molecular weight excluding hydrogens is 370 g/mol. The summed E-state index contributed by atoms with van der Waals surface area (Å²) < 4.78 is 4.08. The fourth-order valence-electron chi connectivity index (χ4n) is 2.25. The molecular formula is C14H17Br2N3. The molecule has 1 aromatic heterocycles. The van der Waals surface area contributed by atoms with Gasteiger partial charge in [0.05, 0.1) is 0 Å². The molecule has 0 bridgehead atoms. The standard InChI is InChI=1S/C14H17Br2N3/c1-8-18-12(13(17)19(8)14(2,3)4)9-5-6-10(15)11(16)7-9/h5-7H,17H2,1-4H3. The molecule has 0 aliphatic heterocycles. The molecule has 0 aliphatic rings. The van der Waals surface area contributed by atoms with Gasteiger partial charge in [0.2, 0.25) is 0 Å². The summed E-state index contributed by atoms with van der Waals surface area (Å²) in [5, 5.41) is 0. The lowest BCUT2D eigenvalue weighted by Crippen LogP contribution is -2.24. The topological polar surface area (TPSA) is 43.8 Å². The van der Waals surface area contributed by atoms with Gasteiger partial charge in [-0.3, -0.25) is 0 Å². The Morgan fingerprint density at radius 2 is 1.79 bits per heavy atom. The van der Waals surface area contributed by atoms with Crippen molar-refractivity contribution >= 4 is 37.7 Å². The normalized spacial score (nSPS) is 11.9. The summed E-state index contributed by atoms with van der Waals surface area (Å²) in [5.74, 6) is 1.64. The van der Waals surface area contributed by atoms with E-state index in [0.29, 0.717) is 5.82 Å². The molecule has 1 aromatic carbocycles. The molecule has 0 aliphatic carbocycles. The first kappa shape index (κ1) is 14.6. The Balaban J connectivity index is 2.61. The second-order valence-corrected chi connectivity index (χ2v) is 7.24. The van der Waals surface area contributed by atoms with E-state index in [9.17, 15) is 0 Å². The van der Waals surface area contributed by atoms with Crippen molar-refractivity contribution in [2.75, 3.05) is 5.73 Å². The maximum absolute atomic E-state index is 6.28. The van der Waals surface area contributed by atoms with Crippen molar-refractivity contribution in [2.45, 2.75) is 33.2 Å². The Hall–Kier alpha value is -0.810. The first-order chi connectivity index (χ1) is 8.71. The molecule has 2 N–H and O–H groups in total. The van der Waals surface area contributed by atoms with Crippen LogP contribution in [0.3, 0.4) is 0 Å². The molecule has 0 spiro atoms. The van der Waals surface area contributed by atoms with Crippen molar-refractivity contribution in [3.8, 4) is 11.3 Å². The van der Waals surface area contributed by atoms with Crippen LogP contribution < -0.4 is 5.73 Å². The fourth-order valence-corrected chi connectivity index (χ4v) is 2.88. The second kappa shape index (κ2) is 4.94. The van der Waals surface area contributed by atoms with Crippen molar-refractivity contribution in [3.05, 3.63) is 33.0 Å². The SMILES string of the molecule is Cc1nc(-c2ccc(Br)c(Br)c2)c(N)n1C(C)(C)C. The summed E-state index contributed by atoms with van der Waals surface area (Å²) in [6.07, 6.45) is 0. The van der Waals surface area contributed by atoms with E-state index in [1.807, 2.05) is 25.1 Å². The summed E-state index contributed by atoms with van der Waals surface area (Å²) in [6.45, 7) is 8.36. The summed E-state index contributed by atoms with van der Waals surface area (Å²) in [4.78, 5) is 4.62. The van der Waals surface area contributed by atoms with Crippen LogP contribution >= 0.6 is 31.9 Å². The van der Waals surface area contributed by atoms with Crippen LogP contribution in [-0.4, -0.2) is 9.55 Å². The number of hydrogen-bond donors (Lipinski definition) is 1. The van der Waals surface area contributed by atoms with Gasteiger partial charge in [-0.2, -0.15) is 0 Å². The molecule has 0 atom stereocenters. The van der Waals surface area contributed by atoms with Crippen LogP contribution in [-0.2, 0) is 5.54 Å². The predicted molar refractivity (Wildman–Crippen MR) is 87.2 cm³/mol. The Morgan fingerprint density at radius 3 is 2.26 bits per heavy atom. The van der Waals surface area contributed by atoms with Crippen LogP contribution in [0.1, 0.15) is 26.6 Å². The molecule has 0 unspecified atom stereocenters. The zero-order valence-electron chi connectivity index (χ0n) is 11.5.